The zero-order valence-corrected chi connectivity index (χ0v) is 12.9. The number of rotatable bonds is 8. The van der Waals surface area contributed by atoms with Crippen molar-refractivity contribution >= 4 is 0 Å². The number of ether oxygens (including phenoxy) is 1. The van der Waals surface area contributed by atoms with Crippen molar-refractivity contribution in [2.24, 2.45) is 5.92 Å². The second-order valence-corrected chi connectivity index (χ2v) is 5.66. The maximum Gasteiger partial charge on any atom is 0.389 e. The van der Waals surface area contributed by atoms with Crippen molar-refractivity contribution in [3.63, 3.8) is 0 Å². The summed E-state index contributed by atoms with van der Waals surface area (Å²) in [7, 11) is 0. The summed E-state index contributed by atoms with van der Waals surface area (Å²) in [6.45, 7) is 7.79. The molecule has 0 unspecified atom stereocenters. The van der Waals surface area contributed by atoms with Gasteiger partial charge in [-0.2, -0.15) is 13.2 Å². The number of para-hydroxylation sites is 1. The van der Waals surface area contributed by atoms with Crippen molar-refractivity contribution in [2.45, 2.75) is 46.3 Å². The van der Waals surface area contributed by atoms with Crippen molar-refractivity contribution in [3.8, 4) is 5.75 Å². The monoisotopic (exact) mass is 303 g/mol. The van der Waals surface area contributed by atoms with Gasteiger partial charge >= 0.3 is 6.18 Å². The van der Waals surface area contributed by atoms with Crippen molar-refractivity contribution in [2.75, 3.05) is 13.2 Å². The first kappa shape index (κ1) is 17.8. The Hall–Kier alpha value is -1.23. The minimum atomic E-state index is -4.11. The topological polar surface area (TPSA) is 21.3 Å². The minimum Gasteiger partial charge on any atom is -0.493 e. The van der Waals surface area contributed by atoms with Crippen LogP contribution in [0.2, 0.25) is 0 Å². The van der Waals surface area contributed by atoms with E-state index in [4.69, 9.17) is 4.74 Å². The summed E-state index contributed by atoms with van der Waals surface area (Å²) in [6, 6.07) is 5.79. The van der Waals surface area contributed by atoms with Gasteiger partial charge in [0.15, 0.2) is 0 Å². The maximum absolute atomic E-state index is 12.1. The van der Waals surface area contributed by atoms with Gasteiger partial charge in [-0.05, 0) is 31.4 Å². The molecule has 0 atom stereocenters. The number of hydrogen-bond donors (Lipinski definition) is 1. The molecule has 21 heavy (non-hydrogen) atoms. The summed E-state index contributed by atoms with van der Waals surface area (Å²) >= 11 is 0. The molecule has 0 radical (unpaired) electrons. The van der Waals surface area contributed by atoms with Gasteiger partial charge in [-0.3, -0.25) is 0 Å². The highest BCUT2D eigenvalue weighted by Crippen LogP contribution is 2.25. The van der Waals surface area contributed by atoms with Gasteiger partial charge in [0, 0.05) is 18.5 Å². The van der Waals surface area contributed by atoms with Gasteiger partial charge < -0.3 is 10.1 Å². The molecule has 120 valence electrons. The van der Waals surface area contributed by atoms with Crippen LogP contribution in [0.3, 0.4) is 0 Å². The molecule has 0 aliphatic heterocycles. The van der Waals surface area contributed by atoms with Crippen molar-refractivity contribution < 1.29 is 17.9 Å². The maximum atomic E-state index is 12.1. The number of aryl methyl sites for hydroxylation is 1. The van der Waals surface area contributed by atoms with E-state index in [1.54, 1.807) is 0 Å². The number of nitrogens with one attached hydrogen (secondary N) is 1. The second-order valence-electron chi connectivity index (χ2n) is 5.66. The molecule has 1 N–H and O–H groups in total. The molecule has 0 amide bonds. The lowest BCUT2D eigenvalue weighted by Gasteiger charge is -2.15. The van der Waals surface area contributed by atoms with E-state index in [0.717, 1.165) is 17.7 Å². The van der Waals surface area contributed by atoms with Crippen LogP contribution in [0.1, 0.15) is 37.8 Å². The quantitative estimate of drug-likeness (QED) is 0.716. The second kappa shape index (κ2) is 8.27. The van der Waals surface area contributed by atoms with E-state index >= 15 is 0 Å². The molecule has 0 saturated heterocycles. The van der Waals surface area contributed by atoms with Gasteiger partial charge in [0.1, 0.15) is 5.75 Å². The summed E-state index contributed by atoms with van der Waals surface area (Å²) < 4.78 is 41.9. The van der Waals surface area contributed by atoms with Crippen LogP contribution in [-0.2, 0) is 6.54 Å². The average Bonchev–Trinajstić information content (AvgIpc) is 2.35. The first-order chi connectivity index (χ1) is 9.79. The van der Waals surface area contributed by atoms with Crippen LogP contribution < -0.4 is 10.1 Å². The van der Waals surface area contributed by atoms with E-state index in [1.807, 2.05) is 25.1 Å². The Balaban J connectivity index is 2.55. The molecule has 0 heterocycles. The molecule has 2 nitrogen and oxygen atoms in total. The minimum absolute atomic E-state index is 0.0172. The summed E-state index contributed by atoms with van der Waals surface area (Å²) in [5.41, 5.74) is 1.94. The van der Waals surface area contributed by atoms with E-state index in [2.05, 4.69) is 19.2 Å². The highest BCUT2D eigenvalue weighted by atomic mass is 19.4. The Kier molecular flexibility index (Phi) is 7.02. The van der Waals surface area contributed by atoms with Crippen LogP contribution in [-0.4, -0.2) is 19.3 Å². The molecule has 1 rings (SSSR count). The van der Waals surface area contributed by atoms with Crippen molar-refractivity contribution in [1.82, 2.24) is 5.32 Å². The van der Waals surface area contributed by atoms with Crippen molar-refractivity contribution in [3.05, 3.63) is 29.3 Å². The van der Waals surface area contributed by atoms with E-state index in [1.165, 1.54) is 0 Å². The Labute approximate surface area is 124 Å². The third kappa shape index (κ3) is 7.37. The first-order valence-electron chi connectivity index (χ1n) is 7.28. The molecule has 0 fully saturated rings. The Morgan fingerprint density at radius 1 is 1.24 bits per heavy atom. The molecule has 0 bridgehead atoms. The zero-order chi connectivity index (χ0) is 15.9. The lowest BCUT2D eigenvalue weighted by molar-refractivity contribution is -0.136. The Morgan fingerprint density at radius 3 is 2.57 bits per heavy atom. The van der Waals surface area contributed by atoms with E-state index in [0.29, 0.717) is 18.2 Å². The standard InChI is InChI=1S/C16H24F3NO/c1-12(2)10-20-11-14-7-4-6-13(3)15(14)21-9-5-8-16(17,18)19/h4,6-7,12,20H,5,8-11H2,1-3H3. The molecule has 0 saturated carbocycles. The van der Waals surface area contributed by atoms with Crippen molar-refractivity contribution in [1.29, 1.82) is 0 Å². The summed E-state index contributed by atoms with van der Waals surface area (Å²) in [6.07, 6.45) is -4.94. The third-order valence-electron chi connectivity index (χ3n) is 3.01. The Bertz CT molecular complexity index is 430. The first-order valence-corrected chi connectivity index (χ1v) is 7.28. The molecule has 1 aromatic carbocycles. The molecule has 0 aliphatic carbocycles. The fourth-order valence-corrected chi connectivity index (χ4v) is 2.00. The van der Waals surface area contributed by atoms with Crippen LogP contribution in [0.15, 0.2) is 18.2 Å². The van der Waals surface area contributed by atoms with Crippen LogP contribution in [0, 0.1) is 12.8 Å². The highest BCUT2D eigenvalue weighted by molar-refractivity contribution is 5.40. The predicted molar refractivity (Wildman–Crippen MR) is 78.5 cm³/mol. The average molecular weight is 303 g/mol. The van der Waals surface area contributed by atoms with E-state index in [9.17, 15) is 13.2 Å². The van der Waals surface area contributed by atoms with Gasteiger partial charge in [0.2, 0.25) is 0 Å². The molecule has 0 aliphatic rings. The van der Waals surface area contributed by atoms with E-state index < -0.39 is 12.6 Å². The molecule has 5 heteroatoms. The normalized spacial score (nSPS) is 12.0. The van der Waals surface area contributed by atoms with Crippen LogP contribution in [0.25, 0.3) is 0 Å². The molecular weight excluding hydrogens is 279 g/mol. The summed E-state index contributed by atoms with van der Waals surface area (Å²) in [4.78, 5) is 0. The van der Waals surface area contributed by atoms with Gasteiger partial charge in [-0.15, -0.1) is 0 Å². The number of benzene rings is 1. The van der Waals surface area contributed by atoms with Gasteiger partial charge in [-0.1, -0.05) is 32.0 Å². The van der Waals surface area contributed by atoms with E-state index in [-0.39, 0.29) is 13.0 Å². The summed E-state index contributed by atoms with van der Waals surface area (Å²) in [5, 5.41) is 3.32. The van der Waals surface area contributed by atoms with Gasteiger partial charge in [0.05, 0.1) is 6.61 Å². The van der Waals surface area contributed by atoms with Crippen LogP contribution >= 0.6 is 0 Å². The number of alkyl halides is 3. The van der Waals surface area contributed by atoms with Crippen LogP contribution in [0.5, 0.6) is 5.75 Å². The summed E-state index contributed by atoms with van der Waals surface area (Å²) in [5.74, 6) is 1.25. The largest absolute Gasteiger partial charge is 0.493 e. The fraction of sp³-hybridized carbons (Fsp3) is 0.625. The predicted octanol–water partition coefficient (Wildman–Crippen LogP) is 4.46. The zero-order valence-electron chi connectivity index (χ0n) is 12.9. The smallest absolute Gasteiger partial charge is 0.389 e. The molecule has 0 aromatic heterocycles. The lowest BCUT2D eigenvalue weighted by atomic mass is 10.1. The van der Waals surface area contributed by atoms with Gasteiger partial charge in [0.25, 0.3) is 0 Å². The highest BCUT2D eigenvalue weighted by Gasteiger charge is 2.26. The molecular formula is C16H24F3NO. The molecule has 0 spiro atoms. The molecule has 1 aromatic rings. The lowest BCUT2D eigenvalue weighted by Crippen LogP contribution is -2.19. The Morgan fingerprint density at radius 2 is 1.95 bits per heavy atom. The van der Waals surface area contributed by atoms with Gasteiger partial charge in [-0.25, -0.2) is 0 Å². The number of hydrogen-bond acceptors (Lipinski definition) is 2. The third-order valence-corrected chi connectivity index (χ3v) is 3.01. The number of halogens is 3. The fourth-order valence-electron chi connectivity index (χ4n) is 2.00. The van der Waals surface area contributed by atoms with Crippen LogP contribution in [0.4, 0.5) is 13.2 Å². The SMILES string of the molecule is Cc1cccc(CNCC(C)C)c1OCCCC(F)(F)F.